The molecule has 0 aromatic heterocycles. The third-order valence-corrected chi connectivity index (χ3v) is 4.37. The maximum Gasteiger partial charge on any atom is 0.429 e. The molecule has 1 aliphatic rings. The lowest BCUT2D eigenvalue weighted by Gasteiger charge is -2.43. The summed E-state index contributed by atoms with van der Waals surface area (Å²) in [5.41, 5.74) is 0.841. The number of carbonyl (C=O) groups excluding carboxylic acids is 3. The van der Waals surface area contributed by atoms with Gasteiger partial charge in [0.2, 0.25) is 0 Å². The van der Waals surface area contributed by atoms with E-state index in [0.717, 1.165) is 12.0 Å². The van der Waals surface area contributed by atoms with Gasteiger partial charge in [-0.3, -0.25) is 0 Å². The monoisotopic (exact) mass is 377 g/mol. The number of hydrogen-bond donors (Lipinski definition) is 0. The number of rotatable bonds is 5. The first-order valence-electron chi connectivity index (χ1n) is 9.09. The molecule has 1 fully saturated rings. The van der Waals surface area contributed by atoms with Crippen LogP contribution in [0.25, 0.3) is 0 Å². The molecule has 0 saturated carbocycles. The lowest BCUT2D eigenvalue weighted by molar-refractivity contribution is -0.155. The summed E-state index contributed by atoms with van der Waals surface area (Å²) in [7, 11) is 2.91. The molecule has 3 amide bonds. The van der Waals surface area contributed by atoms with Crippen LogP contribution in [-0.4, -0.2) is 66.3 Å². The molecule has 0 radical (unpaired) electrons. The van der Waals surface area contributed by atoms with Gasteiger partial charge in [-0.15, -0.1) is 0 Å². The summed E-state index contributed by atoms with van der Waals surface area (Å²) in [5.74, 6) is -0.547. The number of benzene rings is 1. The molecule has 8 nitrogen and oxygen atoms in total. The molecule has 0 aliphatic carbocycles. The number of esters is 1. The van der Waals surface area contributed by atoms with Gasteiger partial charge in [-0.05, 0) is 24.8 Å². The van der Waals surface area contributed by atoms with E-state index in [2.05, 4.69) is 0 Å². The quantitative estimate of drug-likeness (QED) is 0.737. The van der Waals surface area contributed by atoms with Crippen LogP contribution < -0.4 is 0 Å². The van der Waals surface area contributed by atoms with Gasteiger partial charge < -0.3 is 14.4 Å². The molecule has 1 saturated heterocycles. The summed E-state index contributed by atoms with van der Waals surface area (Å²) < 4.78 is 10.2. The smallest absolute Gasteiger partial charge is 0.429 e. The van der Waals surface area contributed by atoms with Gasteiger partial charge in [0.15, 0.2) is 6.04 Å². The fourth-order valence-electron chi connectivity index (χ4n) is 3.00. The van der Waals surface area contributed by atoms with Crippen LogP contribution in [0.1, 0.15) is 31.7 Å². The van der Waals surface area contributed by atoms with Crippen molar-refractivity contribution in [3.05, 3.63) is 35.9 Å². The zero-order valence-corrected chi connectivity index (χ0v) is 16.1. The predicted molar refractivity (Wildman–Crippen MR) is 98.5 cm³/mol. The highest BCUT2D eigenvalue weighted by atomic mass is 16.6. The van der Waals surface area contributed by atoms with Crippen molar-refractivity contribution in [1.82, 2.24) is 14.9 Å². The van der Waals surface area contributed by atoms with Gasteiger partial charge in [0.05, 0.1) is 7.11 Å². The van der Waals surface area contributed by atoms with Gasteiger partial charge >= 0.3 is 18.1 Å². The largest absolute Gasteiger partial charge is 0.467 e. The third kappa shape index (κ3) is 5.12. The van der Waals surface area contributed by atoms with E-state index in [9.17, 15) is 14.4 Å². The van der Waals surface area contributed by atoms with Gasteiger partial charge in [-0.2, -0.15) is 0 Å². The topological polar surface area (TPSA) is 79.4 Å². The molecular formula is C19H27N3O5. The van der Waals surface area contributed by atoms with Crippen LogP contribution in [0.5, 0.6) is 0 Å². The maximum atomic E-state index is 12.9. The maximum absolute atomic E-state index is 12.9. The summed E-state index contributed by atoms with van der Waals surface area (Å²) in [4.78, 5) is 39.2. The zero-order chi connectivity index (χ0) is 19.8. The molecule has 1 aromatic carbocycles. The molecule has 0 spiro atoms. The second-order valence-corrected chi connectivity index (χ2v) is 6.39. The van der Waals surface area contributed by atoms with Crippen LogP contribution in [0.4, 0.5) is 9.59 Å². The summed E-state index contributed by atoms with van der Waals surface area (Å²) >= 11 is 0. The van der Waals surface area contributed by atoms with Gasteiger partial charge in [0.1, 0.15) is 6.61 Å². The molecule has 1 heterocycles. The van der Waals surface area contributed by atoms with E-state index in [-0.39, 0.29) is 6.61 Å². The third-order valence-electron chi connectivity index (χ3n) is 4.37. The molecule has 1 aliphatic heterocycles. The average Bonchev–Trinajstić information content (AvgIpc) is 2.71. The Balaban J connectivity index is 2.17. The molecule has 0 unspecified atom stereocenters. The summed E-state index contributed by atoms with van der Waals surface area (Å²) in [6.45, 7) is 2.85. The van der Waals surface area contributed by atoms with E-state index in [4.69, 9.17) is 9.47 Å². The summed E-state index contributed by atoms with van der Waals surface area (Å²) in [6, 6.07) is 8.00. The summed E-state index contributed by atoms with van der Waals surface area (Å²) in [5, 5.41) is 2.39. The van der Waals surface area contributed by atoms with Gasteiger partial charge in [0.25, 0.3) is 0 Å². The average molecular weight is 377 g/mol. The Morgan fingerprint density at radius 3 is 2.56 bits per heavy atom. The van der Waals surface area contributed by atoms with Crippen LogP contribution in [0, 0.1) is 0 Å². The van der Waals surface area contributed by atoms with E-state index in [1.54, 1.807) is 7.05 Å². The Kier molecular flexibility index (Phi) is 7.45. The van der Waals surface area contributed by atoms with Gasteiger partial charge in [-0.25, -0.2) is 24.4 Å². The Morgan fingerprint density at radius 1 is 1.22 bits per heavy atom. The van der Waals surface area contributed by atoms with E-state index in [1.807, 2.05) is 37.3 Å². The minimum atomic E-state index is -0.847. The van der Waals surface area contributed by atoms with Crippen molar-refractivity contribution >= 4 is 18.1 Å². The van der Waals surface area contributed by atoms with Crippen molar-refractivity contribution in [3.8, 4) is 0 Å². The molecule has 0 bridgehead atoms. The van der Waals surface area contributed by atoms with E-state index >= 15 is 0 Å². The van der Waals surface area contributed by atoms with Crippen molar-refractivity contribution in [2.24, 2.45) is 0 Å². The molecule has 148 valence electrons. The number of hydrogen-bond acceptors (Lipinski definition) is 5. The molecule has 27 heavy (non-hydrogen) atoms. The first-order valence-corrected chi connectivity index (χ1v) is 9.09. The fraction of sp³-hybridized carbons (Fsp3) is 0.526. The number of urea groups is 1. The van der Waals surface area contributed by atoms with Crippen molar-refractivity contribution < 1.29 is 23.9 Å². The molecule has 2 rings (SSSR count). The molecule has 8 heteroatoms. The summed E-state index contributed by atoms with van der Waals surface area (Å²) in [6.07, 6.45) is 1.10. The second-order valence-electron chi connectivity index (χ2n) is 6.39. The van der Waals surface area contributed by atoms with Crippen LogP contribution in [0.3, 0.4) is 0 Å². The van der Waals surface area contributed by atoms with Crippen LogP contribution in [-0.2, 0) is 20.9 Å². The van der Waals surface area contributed by atoms with Crippen molar-refractivity contribution in [3.63, 3.8) is 0 Å². The minimum Gasteiger partial charge on any atom is -0.467 e. The number of ether oxygens (including phenoxy) is 2. The van der Waals surface area contributed by atoms with E-state index < -0.39 is 24.1 Å². The number of methoxy groups -OCH3 is 1. The predicted octanol–water partition coefficient (Wildman–Crippen LogP) is 2.64. The van der Waals surface area contributed by atoms with Crippen LogP contribution in [0.2, 0.25) is 0 Å². The SMILES string of the molecule is CCCN(C)C(=O)N1[C@H](C(=O)OC)CCCN1C(=O)OCc1ccccc1. The highest BCUT2D eigenvalue weighted by Crippen LogP contribution is 2.22. The van der Waals surface area contributed by atoms with Crippen molar-refractivity contribution in [1.29, 1.82) is 0 Å². The first kappa shape index (κ1) is 20.5. The van der Waals surface area contributed by atoms with Crippen LogP contribution >= 0.6 is 0 Å². The normalized spacial score (nSPS) is 16.6. The Bertz CT molecular complexity index is 652. The number of amides is 3. The Labute approximate surface area is 159 Å². The molecule has 1 atom stereocenters. The lowest BCUT2D eigenvalue weighted by atomic mass is 10.1. The molecule has 0 N–H and O–H groups in total. The minimum absolute atomic E-state index is 0.0892. The van der Waals surface area contributed by atoms with Crippen molar-refractivity contribution in [2.45, 2.75) is 38.8 Å². The number of carbonyl (C=O) groups is 3. The zero-order valence-electron chi connectivity index (χ0n) is 16.1. The highest BCUT2D eigenvalue weighted by molar-refractivity contribution is 5.85. The number of hydrazine groups is 1. The Morgan fingerprint density at radius 2 is 1.93 bits per heavy atom. The van der Waals surface area contributed by atoms with E-state index in [0.29, 0.717) is 25.9 Å². The standard InChI is InChI=1S/C19H27N3O5/c1-4-12-20(2)18(24)22-16(17(23)26-3)11-8-13-21(22)19(25)27-14-15-9-6-5-7-10-15/h5-7,9-10,16H,4,8,11-14H2,1-3H3/t16-/m0/s1. The molecular weight excluding hydrogens is 350 g/mol. The lowest BCUT2D eigenvalue weighted by Crippen LogP contribution is -2.62. The first-order chi connectivity index (χ1) is 13.0. The van der Waals surface area contributed by atoms with Gasteiger partial charge in [0, 0.05) is 20.1 Å². The van der Waals surface area contributed by atoms with Crippen molar-refractivity contribution in [2.75, 3.05) is 27.2 Å². The second kappa shape index (κ2) is 9.80. The highest BCUT2D eigenvalue weighted by Gasteiger charge is 2.42. The Hall–Kier alpha value is -2.77. The molecule has 1 aromatic rings. The van der Waals surface area contributed by atoms with Crippen LogP contribution in [0.15, 0.2) is 30.3 Å². The number of nitrogens with zero attached hydrogens (tertiary/aromatic N) is 3. The fourth-order valence-corrected chi connectivity index (χ4v) is 3.00. The van der Waals surface area contributed by atoms with Gasteiger partial charge in [-0.1, -0.05) is 37.3 Å². The van der Waals surface area contributed by atoms with E-state index in [1.165, 1.54) is 22.0 Å².